The number of amides is 2. The number of aromatic nitrogens is 2. The summed E-state index contributed by atoms with van der Waals surface area (Å²) >= 11 is 1.46. The van der Waals surface area contributed by atoms with E-state index in [1.54, 1.807) is 6.20 Å². The number of nitrogens with zero attached hydrogens (tertiary/aromatic N) is 3. The number of carbonyl (C=O) groups excluding carboxylic acids is 2. The van der Waals surface area contributed by atoms with Crippen LogP contribution in [0.5, 0.6) is 0 Å². The maximum Gasteiger partial charge on any atom is 0.239 e. The lowest BCUT2D eigenvalue weighted by molar-refractivity contribution is -0.135. The van der Waals surface area contributed by atoms with Crippen molar-refractivity contribution in [2.24, 2.45) is 0 Å². The van der Waals surface area contributed by atoms with Crippen molar-refractivity contribution in [2.45, 2.75) is 33.2 Å². The Labute approximate surface area is 145 Å². The largest absolute Gasteiger partial charge is 0.352 e. The Hall–Kier alpha value is -2.28. The zero-order valence-electron chi connectivity index (χ0n) is 14.2. The molecule has 2 amide bonds. The van der Waals surface area contributed by atoms with Crippen molar-refractivity contribution in [3.05, 3.63) is 35.5 Å². The lowest BCUT2D eigenvalue weighted by Gasteiger charge is -2.20. The summed E-state index contributed by atoms with van der Waals surface area (Å²) in [5, 5.41) is 5.45. The molecule has 0 fully saturated rings. The van der Waals surface area contributed by atoms with Gasteiger partial charge < -0.3 is 10.2 Å². The molecule has 0 unspecified atom stereocenters. The van der Waals surface area contributed by atoms with Gasteiger partial charge in [-0.15, -0.1) is 11.3 Å². The third-order valence-electron chi connectivity index (χ3n) is 3.29. The molecule has 0 saturated carbocycles. The van der Waals surface area contributed by atoms with Gasteiger partial charge in [0, 0.05) is 24.2 Å². The summed E-state index contributed by atoms with van der Waals surface area (Å²) in [5.74, 6) is -0.248. The molecule has 0 aliphatic carbocycles. The van der Waals surface area contributed by atoms with E-state index in [4.69, 9.17) is 0 Å². The number of hydrogen-bond donors (Lipinski definition) is 1. The summed E-state index contributed by atoms with van der Waals surface area (Å²) in [6.45, 7) is 6.21. The molecule has 2 heterocycles. The summed E-state index contributed by atoms with van der Waals surface area (Å²) in [5.41, 5.74) is 1.50. The van der Waals surface area contributed by atoms with Crippen LogP contribution in [0.15, 0.2) is 29.8 Å². The molecule has 1 N–H and O–H groups in total. The van der Waals surface area contributed by atoms with Crippen LogP contribution in [0.3, 0.4) is 0 Å². The number of carbonyl (C=O) groups is 2. The Kier molecular flexibility index (Phi) is 6.43. The second kappa shape index (κ2) is 8.54. The minimum Gasteiger partial charge on any atom is -0.352 e. The lowest BCUT2D eigenvalue weighted by Crippen LogP contribution is -2.43. The fraction of sp³-hybridized carbons (Fsp3) is 0.412. The SMILES string of the molecule is CCN(CC(=O)NC(C)C)C(=O)Cc1csc(-c2ccccn2)n1. The number of thiazole rings is 1. The van der Waals surface area contributed by atoms with Gasteiger partial charge in [0.2, 0.25) is 11.8 Å². The van der Waals surface area contributed by atoms with Crippen molar-refractivity contribution in [1.82, 2.24) is 20.2 Å². The van der Waals surface area contributed by atoms with Crippen LogP contribution in [0.2, 0.25) is 0 Å². The van der Waals surface area contributed by atoms with E-state index in [1.165, 1.54) is 16.2 Å². The molecule has 0 saturated heterocycles. The summed E-state index contributed by atoms with van der Waals surface area (Å²) < 4.78 is 0. The first kappa shape index (κ1) is 18.1. The lowest BCUT2D eigenvalue weighted by atomic mass is 10.3. The van der Waals surface area contributed by atoms with Gasteiger partial charge in [-0.25, -0.2) is 4.98 Å². The molecule has 0 aliphatic rings. The molecule has 0 aromatic carbocycles. The molecule has 24 heavy (non-hydrogen) atoms. The van der Waals surface area contributed by atoms with Crippen molar-refractivity contribution in [1.29, 1.82) is 0 Å². The van der Waals surface area contributed by atoms with Gasteiger partial charge in [-0.3, -0.25) is 14.6 Å². The number of pyridine rings is 1. The second-order valence-electron chi connectivity index (χ2n) is 5.67. The molecular formula is C17H22N4O2S. The number of nitrogens with one attached hydrogen (secondary N) is 1. The molecule has 128 valence electrons. The highest BCUT2D eigenvalue weighted by molar-refractivity contribution is 7.13. The highest BCUT2D eigenvalue weighted by Crippen LogP contribution is 2.21. The quantitative estimate of drug-likeness (QED) is 0.833. The van der Waals surface area contributed by atoms with Gasteiger partial charge >= 0.3 is 0 Å². The Morgan fingerprint density at radius 1 is 1.33 bits per heavy atom. The van der Waals surface area contributed by atoms with Gasteiger partial charge in [-0.05, 0) is 32.9 Å². The second-order valence-corrected chi connectivity index (χ2v) is 6.52. The van der Waals surface area contributed by atoms with E-state index >= 15 is 0 Å². The van der Waals surface area contributed by atoms with Crippen molar-refractivity contribution in [2.75, 3.05) is 13.1 Å². The van der Waals surface area contributed by atoms with E-state index in [0.717, 1.165) is 10.7 Å². The van der Waals surface area contributed by atoms with Crippen molar-refractivity contribution in [3.8, 4) is 10.7 Å². The molecule has 2 aromatic rings. The van der Waals surface area contributed by atoms with Crippen LogP contribution >= 0.6 is 11.3 Å². The highest BCUT2D eigenvalue weighted by atomic mass is 32.1. The van der Waals surface area contributed by atoms with Gasteiger partial charge in [0.05, 0.1) is 24.4 Å². The maximum atomic E-state index is 12.4. The van der Waals surface area contributed by atoms with E-state index in [9.17, 15) is 9.59 Å². The maximum absolute atomic E-state index is 12.4. The van der Waals surface area contributed by atoms with Crippen LogP contribution in [0, 0.1) is 0 Å². The van der Waals surface area contributed by atoms with Crippen molar-refractivity contribution >= 4 is 23.2 Å². The van der Waals surface area contributed by atoms with E-state index in [1.807, 2.05) is 44.4 Å². The first-order valence-electron chi connectivity index (χ1n) is 7.92. The molecule has 0 atom stereocenters. The molecular weight excluding hydrogens is 324 g/mol. The van der Waals surface area contributed by atoms with Crippen molar-refractivity contribution < 1.29 is 9.59 Å². The predicted octanol–water partition coefficient (Wildman–Crippen LogP) is 2.12. The monoisotopic (exact) mass is 346 g/mol. The molecule has 0 spiro atoms. The van der Waals surface area contributed by atoms with E-state index < -0.39 is 0 Å². The van der Waals surface area contributed by atoms with Gasteiger partial charge in [-0.1, -0.05) is 6.07 Å². The number of rotatable bonds is 7. The minimum atomic E-state index is -0.146. The van der Waals surface area contributed by atoms with Gasteiger partial charge in [0.1, 0.15) is 5.01 Å². The summed E-state index contributed by atoms with van der Waals surface area (Å²) in [7, 11) is 0. The summed E-state index contributed by atoms with van der Waals surface area (Å²) in [6.07, 6.45) is 1.90. The third kappa shape index (κ3) is 5.13. The van der Waals surface area contributed by atoms with E-state index in [2.05, 4.69) is 15.3 Å². The molecule has 0 aliphatic heterocycles. The Balaban J connectivity index is 1.98. The fourth-order valence-electron chi connectivity index (χ4n) is 2.18. The average Bonchev–Trinajstić information content (AvgIpc) is 3.01. The van der Waals surface area contributed by atoms with Gasteiger partial charge in [0.25, 0.3) is 0 Å². The van der Waals surface area contributed by atoms with Crippen LogP contribution in [-0.4, -0.2) is 45.8 Å². The van der Waals surface area contributed by atoms with Crippen LogP contribution in [-0.2, 0) is 16.0 Å². The number of hydrogen-bond acceptors (Lipinski definition) is 5. The third-order valence-corrected chi connectivity index (χ3v) is 4.20. The topological polar surface area (TPSA) is 75.2 Å². The highest BCUT2D eigenvalue weighted by Gasteiger charge is 2.18. The Morgan fingerprint density at radius 2 is 2.12 bits per heavy atom. The minimum absolute atomic E-state index is 0.0609. The van der Waals surface area contributed by atoms with E-state index in [-0.39, 0.29) is 30.8 Å². The Morgan fingerprint density at radius 3 is 2.75 bits per heavy atom. The molecule has 0 radical (unpaired) electrons. The molecule has 6 nitrogen and oxygen atoms in total. The number of likely N-dealkylation sites (N-methyl/N-ethyl adjacent to an activating group) is 1. The van der Waals surface area contributed by atoms with Crippen LogP contribution < -0.4 is 5.32 Å². The molecule has 7 heteroatoms. The fourth-order valence-corrected chi connectivity index (χ4v) is 2.97. The Bertz CT molecular complexity index is 685. The van der Waals surface area contributed by atoms with Crippen LogP contribution in [0.1, 0.15) is 26.5 Å². The molecule has 0 bridgehead atoms. The zero-order valence-corrected chi connectivity index (χ0v) is 15.0. The van der Waals surface area contributed by atoms with Gasteiger partial charge in [0.15, 0.2) is 0 Å². The average molecular weight is 346 g/mol. The summed E-state index contributed by atoms with van der Waals surface area (Å²) in [4.78, 5) is 34.5. The van der Waals surface area contributed by atoms with E-state index in [0.29, 0.717) is 12.2 Å². The van der Waals surface area contributed by atoms with Crippen molar-refractivity contribution in [3.63, 3.8) is 0 Å². The van der Waals surface area contributed by atoms with Gasteiger partial charge in [-0.2, -0.15) is 0 Å². The standard InChI is InChI=1S/C17H22N4O2S/c1-4-21(10-15(22)19-12(2)3)16(23)9-13-11-24-17(20-13)14-7-5-6-8-18-14/h5-8,11-12H,4,9-10H2,1-3H3,(H,19,22). The van der Waals surface area contributed by atoms with Crippen LogP contribution in [0.4, 0.5) is 0 Å². The predicted molar refractivity (Wildman–Crippen MR) is 94.6 cm³/mol. The van der Waals surface area contributed by atoms with Crippen LogP contribution in [0.25, 0.3) is 10.7 Å². The molecule has 2 aromatic heterocycles. The smallest absolute Gasteiger partial charge is 0.239 e. The molecule has 2 rings (SSSR count). The zero-order chi connectivity index (χ0) is 17.5. The first-order valence-corrected chi connectivity index (χ1v) is 8.80. The summed E-state index contributed by atoms with van der Waals surface area (Å²) in [6, 6.07) is 5.70. The first-order chi connectivity index (χ1) is 11.5. The normalized spacial score (nSPS) is 10.7.